The van der Waals surface area contributed by atoms with E-state index in [2.05, 4.69) is 27.8 Å². The minimum absolute atomic E-state index is 0.0744. The van der Waals surface area contributed by atoms with Crippen molar-refractivity contribution in [2.24, 2.45) is 0 Å². The lowest BCUT2D eigenvalue weighted by molar-refractivity contribution is -0.140. The second kappa shape index (κ2) is 32.2. The lowest BCUT2D eigenvalue weighted by Gasteiger charge is -2.15. The predicted octanol–water partition coefficient (Wildman–Crippen LogP) is 8.95. The first-order chi connectivity index (χ1) is 34.9. The van der Waals surface area contributed by atoms with Gasteiger partial charge in [0.15, 0.2) is 5.75 Å². The van der Waals surface area contributed by atoms with Crippen molar-refractivity contribution in [3.05, 3.63) is 161 Å². The molecule has 5 aromatic rings. The van der Waals surface area contributed by atoms with Gasteiger partial charge in [-0.2, -0.15) is 13.2 Å². The van der Waals surface area contributed by atoms with Gasteiger partial charge in [0.05, 0.1) is 50.9 Å². The fourth-order valence-electron chi connectivity index (χ4n) is 6.59. The van der Waals surface area contributed by atoms with Crippen LogP contribution in [0.2, 0.25) is 0 Å². The van der Waals surface area contributed by atoms with E-state index in [-0.39, 0.29) is 49.7 Å². The van der Waals surface area contributed by atoms with Crippen LogP contribution in [0.25, 0.3) is 0 Å². The number of aliphatic hydroxyl groups is 1. The molecule has 0 radical (unpaired) electrons. The molecule has 0 aliphatic heterocycles. The van der Waals surface area contributed by atoms with E-state index in [0.717, 1.165) is 35.2 Å². The molecule has 0 heterocycles. The number of rotatable bonds is 31. The molecular weight excluding hydrogens is 941 g/mol. The Labute approximate surface area is 418 Å². The van der Waals surface area contributed by atoms with E-state index in [9.17, 15) is 37.1 Å². The minimum atomic E-state index is -4.82. The molecule has 0 aliphatic carbocycles. The number of hydrogen-bond donors (Lipinski definition) is 5. The summed E-state index contributed by atoms with van der Waals surface area (Å²) in [5.41, 5.74) is 2.35. The van der Waals surface area contributed by atoms with Crippen molar-refractivity contribution in [3.63, 3.8) is 0 Å². The summed E-state index contributed by atoms with van der Waals surface area (Å²) >= 11 is 0. The van der Waals surface area contributed by atoms with Crippen molar-refractivity contribution in [3.8, 4) is 23.0 Å². The summed E-state index contributed by atoms with van der Waals surface area (Å²) in [7, 11) is 0. The summed E-state index contributed by atoms with van der Waals surface area (Å²) in [6.45, 7) is 10.4. The zero-order chi connectivity index (χ0) is 52.0. The summed E-state index contributed by atoms with van der Waals surface area (Å²) in [6, 6.07) is 29.3. The largest absolute Gasteiger partial charge is 0.491 e. The van der Waals surface area contributed by atoms with Gasteiger partial charge in [-0.25, -0.2) is 4.39 Å². The molecule has 72 heavy (non-hydrogen) atoms. The van der Waals surface area contributed by atoms with Gasteiger partial charge < -0.3 is 54.8 Å². The Bertz CT molecular complexity index is 2420. The molecule has 0 fully saturated rings. The van der Waals surface area contributed by atoms with Crippen LogP contribution in [0.5, 0.6) is 23.0 Å². The number of amides is 3. The smallest absolute Gasteiger partial charge is 0.419 e. The lowest BCUT2D eigenvalue weighted by Crippen LogP contribution is -2.29. The lowest BCUT2D eigenvalue weighted by atomic mass is 10.0. The van der Waals surface area contributed by atoms with Gasteiger partial charge in [-0.15, -0.1) is 0 Å². The monoisotopic (exact) mass is 1000 g/mol. The highest BCUT2D eigenvalue weighted by atomic mass is 19.4. The van der Waals surface area contributed by atoms with E-state index in [0.29, 0.717) is 106 Å². The van der Waals surface area contributed by atoms with Gasteiger partial charge in [0.1, 0.15) is 42.9 Å². The van der Waals surface area contributed by atoms with E-state index >= 15 is 0 Å². The summed E-state index contributed by atoms with van der Waals surface area (Å²) in [4.78, 5) is 36.6. The molecule has 388 valence electrons. The molecule has 0 unspecified atom stereocenters. The van der Waals surface area contributed by atoms with Crippen molar-refractivity contribution in [1.82, 2.24) is 16.0 Å². The van der Waals surface area contributed by atoms with Crippen molar-refractivity contribution >= 4 is 23.4 Å². The van der Waals surface area contributed by atoms with E-state index in [4.69, 9.17) is 28.4 Å². The molecule has 0 aromatic heterocycles. The number of aliphatic hydroxyl groups excluding tert-OH is 1. The van der Waals surface area contributed by atoms with Gasteiger partial charge in [0.2, 0.25) is 11.8 Å². The van der Waals surface area contributed by atoms with Gasteiger partial charge in [-0.1, -0.05) is 62.9 Å². The van der Waals surface area contributed by atoms with Crippen LogP contribution < -0.4 is 35.5 Å². The molecule has 14 nitrogen and oxygen atoms in total. The highest BCUT2D eigenvalue weighted by Crippen LogP contribution is 2.33. The van der Waals surface area contributed by atoms with E-state index in [1.54, 1.807) is 78.9 Å². The standard InChI is InChI=1S/C52H58F4N4O10.C2H6/c1-2-49(62)59-33-38-10-14-40(15-11-38)51(64)60-46-8-3-4-9-48(46)70-43-18-16-42(17-19-43)68-30-29-66-26-25-65-27-28-67-36-50(63)58-22-6-5-7-37-13-21-47(41(31-37)34-57-23-24-61)69-35-39-12-20-45(53)44(32-39)52(54,55)56;1-2/h2-4,8-21,31-32,57,61H,1,5-7,22-30,33-36H2,(H,58,63)(H,59,62)(H,60,64);1-2H3. The molecule has 0 aliphatic rings. The SMILES string of the molecule is C=CC(=O)NCc1ccc(C(=O)Nc2ccccc2Oc2ccc(OCCOCCOCCOCC(=O)NCCCCc3ccc(OCc4ccc(F)c(C(F)(F)F)c4)c(CNCCO)c3)cc2)cc1.CC. The maximum absolute atomic E-state index is 13.7. The predicted molar refractivity (Wildman–Crippen MR) is 266 cm³/mol. The van der Waals surface area contributed by atoms with Gasteiger partial charge in [0.25, 0.3) is 5.91 Å². The normalized spacial score (nSPS) is 10.9. The average molecular weight is 1010 g/mol. The highest BCUT2D eigenvalue weighted by molar-refractivity contribution is 6.05. The number of alkyl halides is 3. The number of para-hydroxylation sites is 2. The Balaban J connectivity index is 0.00000555. The Morgan fingerprint density at radius 2 is 1.35 bits per heavy atom. The molecule has 0 spiro atoms. The third-order valence-electron chi connectivity index (χ3n) is 10.2. The third kappa shape index (κ3) is 21.3. The number of hydrogen-bond acceptors (Lipinski definition) is 11. The van der Waals surface area contributed by atoms with Crippen LogP contribution in [0.4, 0.5) is 23.2 Å². The van der Waals surface area contributed by atoms with Crippen LogP contribution >= 0.6 is 0 Å². The molecule has 0 saturated carbocycles. The van der Waals surface area contributed by atoms with E-state index < -0.39 is 17.6 Å². The number of carbonyl (C=O) groups excluding carboxylic acids is 3. The maximum Gasteiger partial charge on any atom is 0.419 e. The maximum atomic E-state index is 13.7. The number of unbranched alkanes of at least 4 members (excludes halogenated alkanes) is 1. The third-order valence-corrected chi connectivity index (χ3v) is 10.2. The molecule has 5 N–H and O–H groups in total. The van der Waals surface area contributed by atoms with Gasteiger partial charge >= 0.3 is 6.18 Å². The molecule has 0 bridgehead atoms. The summed E-state index contributed by atoms with van der Waals surface area (Å²) in [5.74, 6) is -0.103. The Kier molecular flexibility index (Phi) is 25.8. The van der Waals surface area contributed by atoms with E-state index in [1.165, 1.54) is 12.1 Å². The highest BCUT2D eigenvalue weighted by Gasteiger charge is 2.34. The molecule has 5 rings (SSSR count). The number of carbonyl (C=O) groups is 3. The van der Waals surface area contributed by atoms with Crippen LogP contribution in [0.1, 0.15) is 64.9 Å². The Morgan fingerprint density at radius 1 is 0.681 bits per heavy atom. The summed E-state index contributed by atoms with van der Waals surface area (Å²) in [6.07, 6.45) is -1.44. The molecule has 5 aromatic carbocycles. The van der Waals surface area contributed by atoms with Gasteiger partial charge in [-0.3, -0.25) is 14.4 Å². The minimum Gasteiger partial charge on any atom is -0.491 e. The van der Waals surface area contributed by atoms with Crippen molar-refractivity contribution < 1.29 is 65.5 Å². The number of benzene rings is 5. The summed E-state index contributed by atoms with van der Waals surface area (Å²) in [5, 5.41) is 20.7. The van der Waals surface area contributed by atoms with Gasteiger partial charge in [-0.05, 0) is 109 Å². The van der Waals surface area contributed by atoms with Crippen molar-refractivity contribution in [2.75, 3.05) is 71.3 Å². The zero-order valence-electron chi connectivity index (χ0n) is 40.6. The number of nitrogens with one attached hydrogen (secondary N) is 4. The Hall–Kier alpha value is -6.83. The molecule has 0 saturated heterocycles. The Morgan fingerprint density at radius 3 is 2.06 bits per heavy atom. The van der Waals surface area contributed by atoms with Gasteiger partial charge in [0, 0.05) is 37.3 Å². The molecule has 18 heteroatoms. The van der Waals surface area contributed by atoms with Crippen molar-refractivity contribution in [2.45, 2.75) is 59.0 Å². The van der Waals surface area contributed by atoms with Crippen LogP contribution in [0, 0.1) is 5.82 Å². The van der Waals surface area contributed by atoms with Crippen LogP contribution in [-0.4, -0.2) is 88.8 Å². The molecule has 0 atom stereocenters. The number of halogens is 4. The first kappa shape index (κ1) is 57.7. The topological polar surface area (TPSA) is 175 Å². The number of anilines is 1. The number of aryl methyl sites for hydroxylation is 1. The second-order valence-electron chi connectivity index (χ2n) is 15.5. The fourth-order valence-corrected chi connectivity index (χ4v) is 6.59. The zero-order valence-corrected chi connectivity index (χ0v) is 40.6. The second-order valence-corrected chi connectivity index (χ2v) is 15.5. The van der Waals surface area contributed by atoms with E-state index in [1.807, 2.05) is 26.0 Å². The fraction of sp³-hybridized carbons (Fsp3) is 0.352. The van der Waals surface area contributed by atoms with Crippen LogP contribution in [0.3, 0.4) is 0 Å². The quantitative estimate of drug-likeness (QED) is 0.0163. The number of ether oxygens (including phenoxy) is 6. The summed E-state index contributed by atoms with van der Waals surface area (Å²) < 4.78 is 87.4. The van der Waals surface area contributed by atoms with Crippen molar-refractivity contribution in [1.29, 1.82) is 0 Å². The van der Waals surface area contributed by atoms with Crippen LogP contribution in [0.15, 0.2) is 122 Å². The molecular formula is C54H64F4N4O10. The first-order valence-corrected chi connectivity index (χ1v) is 23.6. The average Bonchev–Trinajstić information content (AvgIpc) is 3.38. The molecule has 3 amide bonds. The first-order valence-electron chi connectivity index (χ1n) is 23.6. The van der Waals surface area contributed by atoms with Crippen LogP contribution in [-0.2, 0) is 56.1 Å².